The van der Waals surface area contributed by atoms with Crippen LogP contribution < -0.4 is 21.1 Å². The van der Waals surface area contributed by atoms with Crippen molar-refractivity contribution in [3.05, 3.63) is 44.8 Å². The molecule has 15 heteroatoms. The Morgan fingerprint density at radius 2 is 1.98 bits per heavy atom. The minimum atomic E-state index is -3.70. The number of rotatable bonds is 16. The number of nitrogens with one attached hydrogen (secondary N) is 4. The van der Waals surface area contributed by atoms with Crippen LogP contribution in [0, 0.1) is 11.3 Å². The molecule has 3 rings (SSSR count). The molecule has 0 aromatic heterocycles. The molecule has 11 nitrogen and oxygen atoms in total. The molecule has 1 aromatic rings. The van der Waals surface area contributed by atoms with E-state index in [0.717, 1.165) is 24.8 Å². The molecule has 6 N–H and O–H groups in total. The van der Waals surface area contributed by atoms with Crippen LogP contribution in [0.4, 0.5) is 0 Å². The molecular formula is C28H42Cl2N6O5S2. The Hall–Kier alpha value is -1.87. The summed E-state index contributed by atoms with van der Waals surface area (Å²) < 4.78 is 33.1. The average molecular weight is 678 g/mol. The van der Waals surface area contributed by atoms with Crippen LogP contribution in [0.3, 0.4) is 0 Å². The maximum absolute atomic E-state index is 13.9. The molecule has 0 spiro atoms. The van der Waals surface area contributed by atoms with Gasteiger partial charge in [-0.05, 0) is 62.9 Å². The zero-order valence-electron chi connectivity index (χ0n) is 24.7. The zero-order valence-corrected chi connectivity index (χ0v) is 27.8. The van der Waals surface area contributed by atoms with Crippen molar-refractivity contribution < 1.29 is 22.7 Å². The van der Waals surface area contributed by atoms with E-state index in [2.05, 4.69) is 22.3 Å². The van der Waals surface area contributed by atoms with Gasteiger partial charge in [0.15, 0.2) is 0 Å². The van der Waals surface area contributed by atoms with Gasteiger partial charge in [-0.1, -0.05) is 42.3 Å². The van der Waals surface area contributed by atoms with Gasteiger partial charge in [-0.25, -0.2) is 13.1 Å². The summed E-state index contributed by atoms with van der Waals surface area (Å²) in [6.45, 7) is 3.53. The van der Waals surface area contributed by atoms with Crippen LogP contribution >= 0.6 is 35.0 Å². The van der Waals surface area contributed by atoms with Gasteiger partial charge in [-0.15, -0.1) is 11.8 Å². The minimum absolute atomic E-state index is 0.00181. The molecule has 240 valence electrons. The third-order valence-corrected chi connectivity index (χ3v) is 10.2. The van der Waals surface area contributed by atoms with E-state index in [0.29, 0.717) is 40.8 Å². The van der Waals surface area contributed by atoms with Crippen LogP contribution in [0.25, 0.3) is 0 Å². The van der Waals surface area contributed by atoms with E-state index in [1.54, 1.807) is 18.2 Å². The van der Waals surface area contributed by atoms with Gasteiger partial charge in [0, 0.05) is 29.7 Å². The Kier molecular flexibility index (Phi) is 13.6. The fourth-order valence-corrected chi connectivity index (χ4v) is 7.17. The van der Waals surface area contributed by atoms with E-state index in [4.69, 9.17) is 39.1 Å². The van der Waals surface area contributed by atoms with Crippen LogP contribution in [0.15, 0.2) is 29.2 Å². The lowest BCUT2D eigenvalue weighted by Gasteiger charge is -2.29. The molecule has 2 aliphatic rings. The van der Waals surface area contributed by atoms with Crippen LogP contribution in [0.5, 0.6) is 0 Å². The van der Waals surface area contributed by atoms with Crippen LogP contribution in [0.2, 0.25) is 10.0 Å². The summed E-state index contributed by atoms with van der Waals surface area (Å²) in [6.07, 6.45) is 5.16. The zero-order chi connectivity index (χ0) is 31.7. The van der Waals surface area contributed by atoms with Crippen molar-refractivity contribution >= 4 is 62.6 Å². The van der Waals surface area contributed by atoms with E-state index in [-0.39, 0.29) is 42.5 Å². The summed E-state index contributed by atoms with van der Waals surface area (Å²) in [7, 11) is -1.83. The number of carbonyl (C=O) groups is 2. The van der Waals surface area contributed by atoms with Crippen molar-refractivity contribution in [1.29, 1.82) is 5.41 Å². The molecule has 43 heavy (non-hydrogen) atoms. The lowest BCUT2D eigenvalue weighted by Crippen LogP contribution is -2.53. The average Bonchev–Trinajstić information content (AvgIpc) is 3.60. The standard InChI is InChI=1S/C28H42Cl2N6O5S2/c1-17(10-11-33-2)4-8-23(35-43(3,39)40)28(38)36-15-19(41-16-18-5-7-21(29)22(30)12-18)13-24(36)27(37)34-14-20-6-9-25(42-20)26(31)32/h5,7,9,12,17,19-20,23-24,33,35H,4,6,8,10-11,13-16H2,1-3H3,(H3,31,32)(H,34,37)/t17?,19-,20?,23-,24+/m1/s1. The number of nitrogens with two attached hydrogens (primary N) is 1. The number of hydrogen-bond donors (Lipinski definition) is 5. The van der Waals surface area contributed by atoms with Gasteiger partial charge in [0.2, 0.25) is 21.8 Å². The quantitative estimate of drug-likeness (QED) is 0.132. The summed E-state index contributed by atoms with van der Waals surface area (Å²) in [5, 5.41) is 14.5. The maximum Gasteiger partial charge on any atom is 0.242 e. The molecule has 2 unspecified atom stereocenters. The van der Waals surface area contributed by atoms with E-state index in [1.807, 2.05) is 13.1 Å². The van der Waals surface area contributed by atoms with Gasteiger partial charge in [0.25, 0.3) is 0 Å². The fourth-order valence-electron chi connectivity index (χ4n) is 5.08. The van der Waals surface area contributed by atoms with Gasteiger partial charge in [-0.2, -0.15) is 0 Å². The third kappa shape index (κ3) is 11.2. The summed E-state index contributed by atoms with van der Waals surface area (Å²) in [5.41, 5.74) is 6.38. The molecule has 0 bridgehead atoms. The van der Waals surface area contributed by atoms with Crippen molar-refractivity contribution in [1.82, 2.24) is 20.3 Å². The number of sulfonamides is 1. The predicted octanol–water partition coefficient (Wildman–Crippen LogP) is 2.86. The number of amides is 2. The van der Waals surface area contributed by atoms with Gasteiger partial charge < -0.3 is 26.0 Å². The van der Waals surface area contributed by atoms with Gasteiger partial charge >= 0.3 is 0 Å². The Balaban J connectivity index is 1.74. The van der Waals surface area contributed by atoms with Crippen molar-refractivity contribution in [2.24, 2.45) is 11.7 Å². The third-order valence-electron chi connectivity index (χ3n) is 7.44. The normalized spacial score (nSPS) is 21.8. The highest BCUT2D eigenvalue weighted by Gasteiger charge is 2.43. The fraction of sp³-hybridized carbons (Fsp3) is 0.607. The van der Waals surface area contributed by atoms with E-state index < -0.39 is 34.1 Å². The summed E-state index contributed by atoms with van der Waals surface area (Å²) >= 11 is 13.6. The number of carbonyl (C=O) groups excluding carboxylic acids is 2. The van der Waals surface area contributed by atoms with Crippen LogP contribution in [-0.2, 0) is 31.0 Å². The molecule has 2 heterocycles. The predicted molar refractivity (Wildman–Crippen MR) is 173 cm³/mol. The first-order valence-electron chi connectivity index (χ1n) is 14.2. The largest absolute Gasteiger partial charge is 0.383 e. The molecule has 1 fully saturated rings. The van der Waals surface area contributed by atoms with Gasteiger partial charge in [0.05, 0.1) is 29.0 Å². The number of nitrogens with zero attached hydrogens (tertiary/aromatic N) is 1. The lowest BCUT2D eigenvalue weighted by atomic mass is 9.98. The Bertz CT molecular complexity index is 1300. The molecule has 2 aliphatic heterocycles. The Morgan fingerprint density at radius 1 is 1.23 bits per heavy atom. The van der Waals surface area contributed by atoms with Crippen molar-refractivity contribution in [2.75, 3.05) is 32.9 Å². The summed E-state index contributed by atoms with van der Waals surface area (Å²) in [5.74, 6) is -0.534. The Morgan fingerprint density at radius 3 is 2.60 bits per heavy atom. The van der Waals surface area contributed by atoms with Gasteiger partial charge in [-0.3, -0.25) is 15.0 Å². The van der Waals surface area contributed by atoms with Crippen LogP contribution in [0.1, 0.15) is 44.6 Å². The first-order valence-corrected chi connectivity index (χ1v) is 17.8. The SMILES string of the molecule is CNCCC(C)CC[C@@H](NS(C)(=O)=O)C(=O)N1C[C@H](OCc2ccc(Cl)c(Cl)c2)C[C@H]1C(=O)NCC1CC=C(C(=N)N)S1. The number of likely N-dealkylation sites (tertiary alicyclic amines) is 1. The number of halogens is 2. The van der Waals surface area contributed by atoms with Crippen molar-refractivity contribution in [3.63, 3.8) is 0 Å². The molecule has 5 atom stereocenters. The van der Waals surface area contributed by atoms with Crippen molar-refractivity contribution in [3.8, 4) is 0 Å². The second kappa shape index (κ2) is 16.4. The number of benzene rings is 1. The topological polar surface area (TPSA) is 167 Å². The molecule has 1 saturated heterocycles. The monoisotopic (exact) mass is 676 g/mol. The number of ether oxygens (including phenoxy) is 1. The van der Waals surface area contributed by atoms with Crippen molar-refractivity contribution in [2.45, 2.75) is 69.1 Å². The highest BCUT2D eigenvalue weighted by Crippen LogP contribution is 2.32. The molecule has 1 aromatic carbocycles. The molecule has 2 amide bonds. The van der Waals surface area contributed by atoms with Crippen LogP contribution in [-0.4, -0.2) is 87.3 Å². The van der Waals surface area contributed by atoms with Gasteiger partial charge in [0.1, 0.15) is 17.9 Å². The highest BCUT2D eigenvalue weighted by molar-refractivity contribution is 8.04. The number of allylic oxidation sites excluding steroid dienone is 1. The Labute approximate surface area is 268 Å². The molecule has 0 aliphatic carbocycles. The lowest BCUT2D eigenvalue weighted by molar-refractivity contribution is -0.140. The molecular weight excluding hydrogens is 635 g/mol. The number of amidine groups is 1. The second-order valence-electron chi connectivity index (χ2n) is 11.1. The number of thioether (sulfide) groups is 1. The number of hydrogen-bond acceptors (Lipinski definition) is 8. The van der Waals surface area contributed by atoms with E-state index in [1.165, 1.54) is 16.7 Å². The molecule has 0 radical (unpaired) electrons. The first-order chi connectivity index (χ1) is 20.3. The highest BCUT2D eigenvalue weighted by atomic mass is 35.5. The summed E-state index contributed by atoms with van der Waals surface area (Å²) in [4.78, 5) is 29.5. The van der Waals surface area contributed by atoms with E-state index in [9.17, 15) is 18.0 Å². The first kappa shape index (κ1) is 35.6. The van der Waals surface area contributed by atoms with E-state index >= 15 is 0 Å². The second-order valence-corrected chi connectivity index (χ2v) is 15.1. The molecule has 0 saturated carbocycles. The smallest absolute Gasteiger partial charge is 0.242 e. The summed E-state index contributed by atoms with van der Waals surface area (Å²) in [6, 6.07) is 3.32. The minimum Gasteiger partial charge on any atom is -0.383 e. The maximum atomic E-state index is 13.9.